The summed E-state index contributed by atoms with van der Waals surface area (Å²) in [6, 6.07) is 12.2. The molecule has 0 unspecified atom stereocenters. The van der Waals surface area contributed by atoms with Crippen LogP contribution >= 0.6 is 11.6 Å². The number of methoxy groups -OCH3 is 2. The normalized spacial score (nSPS) is 17.3. The van der Waals surface area contributed by atoms with E-state index in [2.05, 4.69) is 5.32 Å². The Morgan fingerprint density at radius 1 is 1.09 bits per heavy atom. The van der Waals surface area contributed by atoms with Crippen LogP contribution < -0.4 is 14.8 Å². The van der Waals surface area contributed by atoms with Gasteiger partial charge in [0.05, 0.1) is 19.9 Å². The maximum atomic E-state index is 13.4. The fourth-order valence-electron chi connectivity index (χ4n) is 4.38. The minimum Gasteiger partial charge on any atom is -0.497 e. The maximum Gasteiger partial charge on any atom is 0.275 e. The zero-order valence-corrected chi connectivity index (χ0v) is 18.9. The van der Waals surface area contributed by atoms with Crippen molar-refractivity contribution < 1.29 is 19.1 Å². The van der Waals surface area contributed by atoms with Gasteiger partial charge in [-0.25, -0.2) is 0 Å². The largest absolute Gasteiger partial charge is 0.497 e. The molecule has 8 heteroatoms. The molecule has 0 radical (unpaired) electrons. The molecule has 1 saturated carbocycles. The third-order valence-corrected chi connectivity index (χ3v) is 6.28. The molecule has 0 atom stereocenters. The fraction of sp³-hybridized carbons (Fsp3) is 0.375. The van der Waals surface area contributed by atoms with E-state index in [0.717, 1.165) is 32.1 Å². The van der Waals surface area contributed by atoms with E-state index in [0.29, 0.717) is 33.5 Å². The highest BCUT2D eigenvalue weighted by Crippen LogP contribution is 2.40. The zero-order chi connectivity index (χ0) is 22.7. The van der Waals surface area contributed by atoms with E-state index in [1.54, 1.807) is 54.5 Å². The highest BCUT2D eigenvalue weighted by Gasteiger charge is 2.48. The van der Waals surface area contributed by atoms with Crippen molar-refractivity contribution in [3.8, 4) is 11.5 Å². The Balaban J connectivity index is 1.57. The summed E-state index contributed by atoms with van der Waals surface area (Å²) in [5.74, 6) is 0.568. The van der Waals surface area contributed by atoms with Crippen LogP contribution in [0.5, 0.6) is 11.5 Å². The number of halogens is 1. The van der Waals surface area contributed by atoms with Gasteiger partial charge >= 0.3 is 0 Å². The van der Waals surface area contributed by atoms with Crippen LogP contribution in [0, 0.1) is 0 Å². The van der Waals surface area contributed by atoms with Crippen molar-refractivity contribution in [2.24, 2.45) is 4.99 Å². The van der Waals surface area contributed by atoms with Gasteiger partial charge in [-0.15, -0.1) is 0 Å². The van der Waals surface area contributed by atoms with E-state index in [1.807, 2.05) is 0 Å². The van der Waals surface area contributed by atoms with Crippen molar-refractivity contribution >= 4 is 34.8 Å². The van der Waals surface area contributed by atoms with Crippen molar-refractivity contribution in [3.05, 3.63) is 53.1 Å². The summed E-state index contributed by atoms with van der Waals surface area (Å²) in [5.41, 5.74) is 0.940. The first-order valence-electron chi connectivity index (χ1n) is 10.7. The van der Waals surface area contributed by atoms with Crippen molar-refractivity contribution in [1.82, 2.24) is 4.90 Å². The third-order valence-electron chi connectivity index (χ3n) is 6.03. The molecule has 1 spiro atoms. The first kappa shape index (κ1) is 22.1. The minimum atomic E-state index is -0.675. The van der Waals surface area contributed by atoms with E-state index in [-0.39, 0.29) is 18.4 Å². The number of carbonyl (C=O) groups excluding carboxylic acids is 2. The van der Waals surface area contributed by atoms with Crippen molar-refractivity contribution in [3.63, 3.8) is 0 Å². The van der Waals surface area contributed by atoms with Crippen LogP contribution in [-0.2, 0) is 9.59 Å². The molecule has 2 aromatic carbocycles. The number of anilines is 1. The standard InChI is InChI=1S/C24H26ClN3O4/c1-31-18-10-11-19(20(14-18)32-2)26-21(29)15-28-23(30)22(16-6-8-17(25)9-7-16)27-24(28)12-4-3-5-13-24/h6-11,14H,3-5,12-13,15H2,1-2H3,(H,26,29). The Kier molecular flexibility index (Phi) is 6.37. The molecule has 1 fully saturated rings. The molecule has 0 bridgehead atoms. The van der Waals surface area contributed by atoms with E-state index in [9.17, 15) is 9.59 Å². The van der Waals surface area contributed by atoms with Crippen LogP contribution in [0.2, 0.25) is 5.02 Å². The summed E-state index contributed by atoms with van der Waals surface area (Å²) >= 11 is 6.01. The summed E-state index contributed by atoms with van der Waals surface area (Å²) in [4.78, 5) is 32.9. The molecule has 1 heterocycles. The number of ether oxygens (including phenoxy) is 2. The number of hydrogen-bond donors (Lipinski definition) is 1. The Bertz CT molecular complexity index is 1050. The molecule has 2 amide bonds. The van der Waals surface area contributed by atoms with Crippen molar-refractivity contribution in [2.75, 3.05) is 26.1 Å². The molecule has 0 aromatic heterocycles. The second kappa shape index (κ2) is 9.20. The summed E-state index contributed by atoms with van der Waals surface area (Å²) in [6.07, 6.45) is 4.53. The lowest BCUT2D eigenvalue weighted by molar-refractivity contribution is -0.134. The van der Waals surface area contributed by atoms with E-state index in [4.69, 9.17) is 26.1 Å². The maximum absolute atomic E-state index is 13.4. The van der Waals surface area contributed by atoms with E-state index >= 15 is 0 Å². The van der Waals surface area contributed by atoms with Crippen molar-refractivity contribution in [1.29, 1.82) is 0 Å². The van der Waals surface area contributed by atoms with Gasteiger partial charge in [0.1, 0.15) is 29.4 Å². The molecule has 1 N–H and O–H groups in total. The number of aliphatic imine (C=N–C) groups is 1. The SMILES string of the molecule is COc1ccc(NC(=O)CN2C(=O)C(c3ccc(Cl)cc3)=NC23CCCCC3)c(OC)c1. The number of rotatable bonds is 6. The first-order valence-corrected chi connectivity index (χ1v) is 11.0. The molecule has 4 rings (SSSR count). The van der Waals surface area contributed by atoms with Crippen LogP contribution in [0.15, 0.2) is 47.5 Å². The zero-order valence-electron chi connectivity index (χ0n) is 18.2. The minimum absolute atomic E-state index is 0.0887. The van der Waals surface area contributed by atoms with Gasteiger partial charge in [0.2, 0.25) is 5.91 Å². The third kappa shape index (κ3) is 4.30. The second-order valence-electron chi connectivity index (χ2n) is 8.02. The Morgan fingerprint density at radius 3 is 2.47 bits per heavy atom. The molecule has 0 saturated heterocycles. The van der Waals surface area contributed by atoms with Crippen molar-refractivity contribution in [2.45, 2.75) is 37.8 Å². The van der Waals surface area contributed by atoms with Gasteiger partial charge in [-0.3, -0.25) is 14.6 Å². The molecule has 32 heavy (non-hydrogen) atoms. The predicted octanol–water partition coefficient (Wildman–Crippen LogP) is 4.29. The lowest BCUT2D eigenvalue weighted by Gasteiger charge is -2.38. The first-order chi connectivity index (χ1) is 15.5. The highest BCUT2D eigenvalue weighted by molar-refractivity contribution is 6.47. The van der Waals surface area contributed by atoms with Crippen LogP contribution in [0.1, 0.15) is 37.7 Å². The van der Waals surface area contributed by atoms with Gasteiger partial charge < -0.3 is 19.7 Å². The Labute approximate surface area is 192 Å². The molecule has 2 aliphatic rings. The number of nitrogens with one attached hydrogen (secondary N) is 1. The number of hydrogen-bond acceptors (Lipinski definition) is 5. The summed E-state index contributed by atoms with van der Waals surface area (Å²) in [5, 5.41) is 3.46. The smallest absolute Gasteiger partial charge is 0.275 e. The fourth-order valence-corrected chi connectivity index (χ4v) is 4.51. The van der Waals surface area contributed by atoms with Crippen LogP contribution in [0.25, 0.3) is 0 Å². The Morgan fingerprint density at radius 2 is 1.81 bits per heavy atom. The molecule has 1 aliphatic carbocycles. The van der Waals surface area contributed by atoms with Gasteiger partial charge in [0.25, 0.3) is 5.91 Å². The summed E-state index contributed by atoms with van der Waals surface area (Å²) in [7, 11) is 3.09. The van der Waals surface area contributed by atoms with Crippen LogP contribution in [0.3, 0.4) is 0 Å². The van der Waals surface area contributed by atoms with Gasteiger partial charge in [-0.1, -0.05) is 30.2 Å². The number of carbonyl (C=O) groups is 2. The Hall–Kier alpha value is -3.06. The van der Waals surface area contributed by atoms with Crippen LogP contribution in [0.4, 0.5) is 5.69 Å². The summed E-state index contributed by atoms with van der Waals surface area (Å²) < 4.78 is 10.6. The molecule has 7 nitrogen and oxygen atoms in total. The monoisotopic (exact) mass is 455 g/mol. The number of benzene rings is 2. The summed E-state index contributed by atoms with van der Waals surface area (Å²) in [6.45, 7) is -0.0887. The predicted molar refractivity (Wildman–Crippen MR) is 124 cm³/mol. The average Bonchev–Trinajstić information content (AvgIpc) is 3.06. The lowest BCUT2D eigenvalue weighted by atomic mass is 9.88. The average molecular weight is 456 g/mol. The van der Waals surface area contributed by atoms with E-state index < -0.39 is 5.66 Å². The van der Waals surface area contributed by atoms with E-state index in [1.165, 1.54) is 7.11 Å². The van der Waals surface area contributed by atoms with Crippen LogP contribution in [-0.4, -0.2) is 48.9 Å². The second-order valence-corrected chi connectivity index (χ2v) is 8.45. The molecule has 168 valence electrons. The number of amides is 2. The van der Waals surface area contributed by atoms with Gasteiger partial charge in [0, 0.05) is 16.7 Å². The topological polar surface area (TPSA) is 80.2 Å². The molecular weight excluding hydrogens is 430 g/mol. The number of nitrogens with zero attached hydrogens (tertiary/aromatic N) is 2. The molecular formula is C24H26ClN3O4. The highest BCUT2D eigenvalue weighted by atomic mass is 35.5. The quantitative estimate of drug-likeness (QED) is 0.704. The van der Waals surface area contributed by atoms with Gasteiger partial charge in [-0.2, -0.15) is 0 Å². The lowest BCUT2D eigenvalue weighted by Crippen LogP contribution is -2.51. The molecule has 2 aromatic rings. The van der Waals surface area contributed by atoms with Gasteiger partial charge in [-0.05, 0) is 49.9 Å². The van der Waals surface area contributed by atoms with Gasteiger partial charge in [0.15, 0.2) is 0 Å². The molecule has 1 aliphatic heterocycles.